The van der Waals surface area contributed by atoms with Gasteiger partial charge in [0.2, 0.25) is 0 Å². The minimum atomic E-state index is 0.0233. The minimum Gasteiger partial charge on any atom is -0.358 e. The molecule has 1 aromatic carbocycles. The number of amides is 1. The lowest BCUT2D eigenvalue weighted by Crippen LogP contribution is -2.35. The normalized spacial score (nSPS) is 14.4. The van der Waals surface area contributed by atoms with E-state index >= 15 is 0 Å². The number of carbonyl (C=O) groups is 1. The Labute approximate surface area is 132 Å². The van der Waals surface area contributed by atoms with Crippen LogP contribution in [0.15, 0.2) is 30.6 Å². The van der Waals surface area contributed by atoms with E-state index in [0.29, 0.717) is 23.7 Å². The molecular formula is C16H15ClN4O. The van der Waals surface area contributed by atoms with Gasteiger partial charge in [-0.05, 0) is 18.2 Å². The number of hydrogen-bond acceptors (Lipinski definition) is 2. The van der Waals surface area contributed by atoms with Crippen LogP contribution in [-0.2, 0) is 20.0 Å². The van der Waals surface area contributed by atoms with E-state index in [0.717, 1.165) is 17.3 Å². The van der Waals surface area contributed by atoms with Gasteiger partial charge in [0.25, 0.3) is 5.91 Å². The standard InChI is InChI=1S/C16H15ClN4O/c1-20-8-10(7-18-20)16(22)21-5-4-15-13(9-21)12-6-11(17)2-3-14(12)19-15/h2-3,6-8,19H,4-5,9H2,1H3. The van der Waals surface area contributed by atoms with Gasteiger partial charge >= 0.3 is 0 Å². The lowest BCUT2D eigenvalue weighted by molar-refractivity contribution is 0.0735. The SMILES string of the molecule is Cn1cc(C(=O)N2CCc3[nH]c4ccc(Cl)cc4c3C2)cn1. The summed E-state index contributed by atoms with van der Waals surface area (Å²) in [5.41, 5.74) is 4.07. The van der Waals surface area contributed by atoms with Gasteiger partial charge < -0.3 is 9.88 Å². The molecule has 3 heterocycles. The number of nitrogens with zero attached hydrogens (tertiary/aromatic N) is 3. The highest BCUT2D eigenvalue weighted by Gasteiger charge is 2.25. The molecule has 2 aromatic heterocycles. The number of aromatic amines is 1. The van der Waals surface area contributed by atoms with Crippen molar-refractivity contribution >= 4 is 28.4 Å². The van der Waals surface area contributed by atoms with Gasteiger partial charge in [-0.2, -0.15) is 5.10 Å². The third kappa shape index (κ3) is 2.09. The fraction of sp³-hybridized carbons (Fsp3) is 0.250. The second-order valence-corrected chi connectivity index (χ2v) is 6.09. The molecule has 0 spiro atoms. The average Bonchev–Trinajstić information content (AvgIpc) is 3.09. The number of carbonyl (C=O) groups excluding carboxylic acids is 1. The van der Waals surface area contributed by atoms with Crippen LogP contribution >= 0.6 is 11.6 Å². The maximum absolute atomic E-state index is 12.6. The van der Waals surface area contributed by atoms with Crippen LogP contribution in [-0.4, -0.2) is 32.1 Å². The van der Waals surface area contributed by atoms with Crippen molar-refractivity contribution in [3.63, 3.8) is 0 Å². The lowest BCUT2D eigenvalue weighted by Gasteiger charge is -2.26. The first kappa shape index (κ1) is 13.4. The van der Waals surface area contributed by atoms with Crippen molar-refractivity contribution in [2.45, 2.75) is 13.0 Å². The summed E-state index contributed by atoms with van der Waals surface area (Å²) in [6.07, 6.45) is 4.20. The first-order valence-corrected chi connectivity index (χ1v) is 7.56. The fourth-order valence-electron chi connectivity index (χ4n) is 3.07. The molecule has 0 radical (unpaired) electrons. The van der Waals surface area contributed by atoms with Gasteiger partial charge in [-0.1, -0.05) is 11.6 Å². The summed E-state index contributed by atoms with van der Waals surface area (Å²) in [6, 6.07) is 5.83. The fourth-order valence-corrected chi connectivity index (χ4v) is 3.25. The van der Waals surface area contributed by atoms with E-state index in [1.807, 2.05) is 30.1 Å². The summed E-state index contributed by atoms with van der Waals surface area (Å²) in [7, 11) is 1.81. The van der Waals surface area contributed by atoms with Gasteiger partial charge in [0, 0.05) is 59.9 Å². The van der Waals surface area contributed by atoms with Crippen molar-refractivity contribution in [3.8, 4) is 0 Å². The highest BCUT2D eigenvalue weighted by molar-refractivity contribution is 6.31. The largest absolute Gasteiger partial charge is 0.358 e. The maximum atomic E-state index is 12.6. The average molecular weight is 315 g/mol. The summed E-state index contributed by atoms with van der Waals surface area (Å²) in [6.45, 7) is 1.31. The van der Waals surface area contributed by atoms with Gasteiger partial charge in [0.1, 0.15) is 0 Å². The number of fused-ring (bicyclic) bond motifs is 3. The van der Waals surface area contributed by atoms with Crippen molar-refractivity contribution in [3.05, 3.63) is 52.4 Å². The number of halogens is 1. The Morgan fingerprint density at radius 2 is 2.27 bits per heavy atom. The molecule has 3 aromatic rings. The van der Waals surface area contributed by atoms with E-state index in [1.54, 1.807) is 17.1 Å². The number of nitrogens with one attached hydrogen (secondary N) is 1. The number of hydrogen-bond donors (Lipinski definition) is 1. The predicted octanol–water partition coefficient (Wildman–Crippen LogP) is 2.75. The van der Waals surface area contributed by atoms with Gasteiger partial charge in [0.05, 0.1) is 11.8 Å². The summed E-state index contributed by atoms with van der Waals surface area (Å²) >= 11 is 6.11. The molecule has 0 bridgehead atoms. The van der Waals surface area contributed by atoms with E-state index in [1.165, 1.54) is 11.3 Å². The van der Waals surface area contributed by atoms with Crippen LogP contribution in [0.4, 0.5) is 0 Å². The van der Waals surface area contributed by atoms with E-state index in [-0.39, 0.29) is 5.91 Å². The molecule has 0 fully saturated rings. The molecule has 22 heavy (non-hydrogen) atoms. The molecule has 1 aliphatic heterocycles. The molecule has 0 atom stereocenters. The van der Waals surface area contributed by atoms with Crippen molar-refractivity contribution in [1.29, 1.82) is 0 Å². The second-order valence-electron chi connectivity index (χ2n) is 5.65. The van der Waals surface area contributed by atoms with Crippen LogP contribution in [0.2, 0.25) is 5.02 Å². The third-order valence-electron chi connectivity index (χ3n) is 4.18. The topological polar surface area (TPSA) is 53.9 Å². The van der Waals surface area contributed by atoms with Crippen molar-refractivity contribution in [1.82, 2.24) is 19.7 Å². The maximum Gasteiger partial charge on any atom is 0.257 e. The number of benzene rings is 1. The molecule has 5 nitrogen and oxygen atoms in total. The van der Waals surface area contributed by atoms with Crippen molar-refractivity contribution in [2.24, 2.45) is 7.05 Å². The number of rotatable bonds is 1. The molecule has 0 aliphatic carbocycles. The Balaban J connectivity index is 1.70. The zero-order valence-electron chi connectivity index (χ0n) is 12.1. The Bertz CT molecular complexity index is 880. The Hall–Kier alpha value is -2.27. The number of aryl methyl sites for hydroxylation is 1. The summed E-state index contributed by atoms with van der Waals surface area (Å²) in [4.78, 5) is 17.9. The van der Waals surface area contributed by atoms with Crippen LogP contribution in [0, 0.1) is 0 Å². The van der Waals surface area contributed by atoms with Gasteiger partial charge in [-0.3, -0.25) is 9.48 Å². The molecule has 1 amide bonds. The quantitative estimate of drug-likeness (QED) is 0.751. The Morgan fingerprint density at radius 3 is 3.05 bits per heavy atom. The molecular weight excluding hydrogens is 300 g/mol. The molecule has 0 saturated heterocycles. The Kier molecular flexibility index (Phi) is 2.97. The first-order chi connectivity index (χ1) is 10.6. The van der Waals surface area contributed by atoms with Crippen molar-refractivity contribution < 1.29 is 4.79 Å². The Morgan fingerprint density at radius 1 is 1.41 bits per heavy atom. The van der Waals surface area contributed by atoms with E-state index < -0.39 is 0 Å². The van der Waals surface area contributed by atoms with Crippen LogP contribution in [0.25, 0.3) is 10.9 Å². The number of aromatic nitrogens is 3. The molecule has 1 N–H and O–H groups in total. The van der Waals surface area contributed by atoms with Crippen molar-refractivity contribution in [2.75, 3.05) is 6.54 Å². The molecule has 0 unspecified atom stereocenters. The third-order valence-corrected chi connectivity index (χ3v) is 4.41. The lowest BCUT2D eigenvalue weighted by atomic mass is 10.0. The van der Waals surface area contributed by atoms with E-state index in [9.17, 15) is 4.79 Å². The van der Waals surface area contributed by atoms with Crippen LogP contribution in [0.3, 0.4) is 0 Å². The zero-order chi connectivity index (χ0) is 15.3. The van der Waals surface area contributed by atoms with Gasteiger partial charge in [0.15, 0.2) is 0 Å². The smallest absolute Gasteiger partial charge is 0.257 e. The summed E-state index contributed by atoms with van der Waals surface area (Å²) < 4.78 is 1.65. The highest BCUT2D eigenvalue weighted by atomic mass is 35.5. The van der Waals surface area contributed by atoms with Crippen LogP contribution in [0.5, 0.6) is 0 Å². The molecule has 0 saturated carbocycles. The zero-order valence-corrected chi connectivity index (χ0v) is 12.9. The summed E-state index contributed by atoms with van der Waals surface area (Å²) in [5.74, 6) is 0.0233. The molecule has 1 aliphatic rings. The van der Waals surface area contributed by atoms with Crippen LogP contribution in [0.1, 0.15) is 21.6 Å². The molecule has 6 heteroatoms. The predicted molar refractivity (Wildman–Crippen MR) is 85.0 cm³/mol. The van der Waals surface area contributed by atoms with Gasteiger partial charge in [-0.15, -0.1) is 0 Å². The van der Waals surface area contributed by atoms with E-state index in [4.69, 9.17) is 11.6 Å². The minimum absolute atomic E-state index is 0.0233. The molecule has 4 rings (SSSR count). The second kappa shape index (κ2) is 4.88. The molecule has 112 valence electrons. The van der Waals surface area contributed by atoms with E-state index in [2.05, 4.69) is 10.1 Å². The first-order valence-electron chi connectivity index (χ1n) is 7.19. The summed E-state index contributed by atoms with van der Waals surface area (Å²) in [5, 5.41) is 5.89. The van der Waals surface area contributed by atoms with Gasteiger partial charge in [-0.25, -0.2) is 0 Å². The monoisotopic (exact) mass is 314 g/mol. The highest BCUT2D eigenvalue weighted by Crippen LogP contribution is 2.30. The van der Waals surface area contributed by atoms with Crippen LogP contribution < -0.4 is 0 Å². The number of H-pyrrole nitrogens is 1.